The van der Waals surface area contributed by atoms with Crippen molar-refractivity contribution in [2.45, 2.75) is 54.1 Å². The van der Waals surface area contributed by atoms with Gasteiger partial charge in [0.25, 0.3) is 0 Å². The smallest absolute Gasteiger partial charge is 0.408 e. The van der Waals surface area contributed by atoms with E-state index in [1.54, 1.807) is 20.8 Å². The van der Waals surface area contributed by atoms with Gasteiger partial charge in [-0.05, 0) is 34.6 Å². The second-order valence-corrected chi connectivity index (χ2v) is 5.48. The molecule has 0 aromatic heterocycles. The lowest BCUT2D eigenvalue weighted by atomic mass is 10.2. The number of nitrogens with two attached hydrogens (primary N) is 1. The maximum absolute atomic E-state index is 10.8. The van der Waals surface area contributed by atoms with E-state index in [1.807, 2.05) is 13.8 Å². The summed E-state index contributed by atoms with van der Waals surface area (Å²) in [5.41, 5.74) is 6.90. The molecule has 5 nitrogen and oxygen atoms in total. The Bertz CT molecular complexity index is 413. The third kappa shape index (κ3) is 16.0. The Labute approximate surface area is 134 Å². The molecule has 1 aromatic carbocycles. The number of alkyl carbamates (subject to hydrolysis) is 1. The van der Waals surface area contributed by atoms with Gasteiger partial charge in [0.05, 0.1) is 6.54 Å². The van der Waals surface area contributed by atoms with Crippen LogP contribution in [0.2, 0.25) is 0 Å². The molecule has 0 aliphatic heterocycles. The van der Waals surface area contributed by atoms with Gasteiger partial charge in [-0.25, -0.2) is 4.79 Å². The zero-order chi connectivity index (χ0) is 17.8. The summed E-state index contributed by atoms with van der Waals surface area (Å²) in [5, 5.41) is 2.20. The van der Waals surface area contributed by atoms with Gasteiger partial charge in [-0.1, -0.05) is 49.2 Å². The fraction of sp³-hybridized carbons (Fsp3) is 0.529. The molecule has 5 heteroatoms. The lowest BCUT2D eigenvalue weighted by Crippen LogP contribution is -2.37. The molecule has 0 heterocycles. The number of ether oxygens (including phenoxy) is 1. The highest BCUT2D eigenvalue weighted by atomic mass is 16.6. The van der Waals surface area contributed by atoms with Crippen LogP contribution in [0.3, 0.4) is 0 Å². The second-order valence-electron chi connectivity index (χ2n) is 5.48. The van der Waals surface area contributed by atoms with Crippen molar-refractivity contribution < 1.29 is 14.3 Å². The Morgan fingerprint density at radius 3 is 1.68 bits per heavy atom. The summed E-state index contributed by atoms with van der Waals surface area (Å²) in [5.74, 6) is -0.596. The van der Waals surface area contributed by atoms with E-state index in [0.29, 0.717) is 0 Å². The summed E-state index contributed by atoms with van der Waals surface area (Å²) in [6.45, 7) is 13.2. The maximum atomic E-state index is 10.8. The molecule has 126 valence electrons. The van der Waals surface area contributed by atoms with Crippen LogP contribution in [0.5, 0.6) is 0 Å². The highest BCUT2D eigenvalue weighted by Gasteiger charge is 2.15. The number of carbonyl (C=O) groups is 2. The zero-order valence-corrected chi connectivity index (χ0v) is 14.8. The SMILES string of the molecule is CC.CC(C)(C)OC(=O)NCC(N)=O.Cc1ccc(C)cc1. The molecule has 2 amide bonds. The lowest BCUT2D eigenvalue weighted by Gasteiger charge is -2.19. The minimum absolute atomic E-state index is 0.199. The number of nitrogens with one attached hydrogen (secondary N) is 1. The first-order valence-corrected chi connectivity index (χ1v) is 7.38. The molecule has 0 unspecified atom stereocenters. The van der Waals surface area contributed by atoms with Crippen LogP contribution < -0.4 is 11.1 Å². The van der Waals surface area contributed by atoms with Crippen LogP contribution in [0.1, 0.15) is 45.7 Å². The van der Waals surface area contributed by atoms with Gasteiger partial charge in [0.1, 0.15) is 5.60 Å². The minimum atomic E-state index is -0.638. The van der Waals surface area contributed by atoms with Crippen molar-refractivity contribution in [1.82, 2.24) is 5.32 Å². The van der Waals surface area contributed by atoms with E-state index in [9.17, 15) is 9.59 Å². The van der Waals surface area contributed by atoms with E-state index in [0.717, 1.165) is 0 Å². The van der Waals surface area contributed by atoms with Crippen molar-refractivity contribution in [1.29, 1.82) is 0 Å². The normalized spacial score (nSPS) is 9.41. The molecule has 1 aromatic rings. The molecule has 0 fully saturated rings. The molecule has 22 heavy (non-hydrogen) atoms. The molecule has 0 saturated carbocycles. The second kappa shape index (κ2) is 11.6. The van der Waals surface area contributed by atoms with Crippen molar-refractivity contribution in [3.8, 4) is 0 Å². The fourth-order valence-electron chi connectivity index (χ4n) is 1.11. The Morgan fingerprint density at radius 2 is 1.41 bits per heavy atom. The molecule has 0 bridgehead atoms. The molecule has 0 spiro atoms. The van der Waals surface area contributed by atoms with E-state index >= 15 is 0 Å². The number of aryl methyl sites for hydroxylation is 2. The molecule has 0 aliphatic carbocycles. The molecule has 3 N–H and O–H groups in total. The van der Waals surface area contributed by atoms with Gasteiger partial charge in [-0.3, -0.25) is 4.79 Å². The van der Waals surface area contributed by atoms with Gasteiger partial charge in [0, 0.05) is 0 Å². The molecule has 1 rings (SSSR count). The van der Waals surface area contributed by atoms with Crippen molar-refractivity contribution >= 4 is 12.0 Å². The molecule has 0 saturated heterocycles. The topological polar surface area (TPSA) is 81.4 Å². The fourth-order valence-corrected chi connectivity index (χ4v) is 1.11. The van der Waals surface area contributed by atoms with E-state index in [2.05, 4.69) is 43.4 Å². The maximum Gasteiger partial charge on any atom is 0.408 e. The van der Waals surface area contributed by atoms with Crippen LogP contribution >= 0.6 is 0 Å². The Balaban J connectivity index is 0. The molecule has 0 aliphatic rings. The number of primary amides is 1. The summed E-state index contributed by atoms with van der Waals surface area (Å²) < 4.78 is 4.83. The first-order valence-electron chi connectivity index (χ1n) is 7.38. The average Bonchev–Trinajstić information content (AvgIpc) is 2.41. The summed E-state index contributed by atoms with van der Waals surface area (Å²) in [7, 11) is 0. The summed E-state index contributed by atoms with van der Waals surface area (Å²) in [6.07, 6.45) is -0.638. The first-order chi connectivity index (χ1) is 10.1. The van der Waals surface area contributed by atoms with Crippen LogP contribution in [0.15, 0.2) is 24.3 Å². The van der Waals surface area contributed by atoms with Crippen LogP contribution in [0.25, 0.3) is 0 Å². The van der Waals surface area contributed by atoms with Crippen molar-refractivity contribution in [3.05, 3.63) is 35.4 Å². The van der Waals surface area contributed by atoms with Gasteiger partial charge in [-0.15, -0.1) is 0 Å². The lowest BCUT2D eigenvalue weighted by molar-refractivity contribution is -0.117. The van der Waals surface area contributed by atoms with Gasteiger partial charge >= 0.3 is 6.09 Å². The zero-order valence-electron chi connectivity index (χ0n) is 14.8. The van der Waals surface area contributed by atoms with Crippen LogP contribution in [-0.4, -0.2) is 24.1 Å². The van der Waals surface area contributed by atoms with E-state index in [4.69, 9.17) is 10.5 Å². The van der Waals surface area contributed by atoms with E-state index in [1.165, 1.54) is 11.1 Å². The van der Waals surface area contributed by atoms with Gasteiger partial charge < -0.3 is 15.8 Å². The third-order valence-electron chi connectivity index (χ3n) is 2.02. The Hall–Kier alpha value is -2.04. The summed E-state index contributed by atoms with van der Waals surface area (Å²) in [6, 6.07) is 8.48. The van der Waals surface area contributed by atoms with Crippen LogP contribution in [0, 0.1) is 13.8 Å². The van der Waals surface area contributed by atoms with Gasteiger partial charge in [-0.2, -0.15) is 0 Å². The monoisotopic (exact) mass is 310 g/mol. The van der Waals surface area contributed by atoms with Gasteiger partial charge in [0.15, 0.2) is 0 Å². The number of amides is 2. The summed E-state index contributed by atoms with van der Waals surface area (Å²) in [4.78, 5) is 21.0. The predicted octanol–water partition coefficient (Wildman–Crippen LogP) is 3.33. The number of hydrogen-bond acceptors (Lipinski definition) is 3. The van der Waals surface area contributed by atoms with Crippen molar-refractivity contribution in [2.75, 3.05) is 6.54 Å². The summed E-state index contributed by atoms with van der Waals surface area (Å²) >= 11 is 0. The van der Waals surface area contributed by atoms with Crippen molar-refractivity contribution in [3.63, 3.8) is 0 Å². The average molecular weight is 310 g/mol. The highest BCUT2D eigenvalue weighted by Crippen LogP contribution is 2.05. The number of hydrogen-bond donors (Lipinski definition) is 2. The molecular formula is C17H30N2O3. The van der Waals surface area contributed by atoms with E-state index < -0.39 is 17.6 Å². The predicted molar refractivity (Wildman–Crippen MR) is 90.7 cm³/mol. The van der Waals surface area contributed by atoms with Gasteiger partial charge in [0.2, 0.25) is 5.91 Å². The Kier molecular flexibility index (Phi) is 11.7. The minimum Gasteiger partial charge on any atom is -0.444 e. The third-order valence-corrected chi connectivity index (χ3v) is 2.02. The van der Waals surface area contributed by atoms with Crippen LogP contribution in [-0.2, 0) is 9.53 Å². The molecular weight excluding hydrogens is 280 g/mol. The first kappa shape index (κ1) is 22.2. The Morgan fingerprint density at radius 1 is 1.05 bits per heavy atom. The largest absolute Gasteiger partial charge is 0.444 e. The quantitative estimate of drug-likeness (QED) is 0.879. The standard InChI is InChI=1S/C8H10.C7H14N2O3.C2H6/c1-7-3-5-8(2)6-4-7;1-7(2,3)12-6(11)9-4-5(8)10;1-2/h3-6H,1-2H3;4H2,1-3H3,(H2,8,10)(H,9,11);1-2H3. The highest BCUT2D eigenvalue weighted by molar-refractivity contribution is 5.80. The van der Waals surface area contributed by atoms with E-state index in [-0.39, 0.29) is 6.54 Å². The molecule has 0 radical (unpaired) electrons. The van der Waals surface area contributed by atoms with Crippen molar-refractivity contribution in [2.24, 2.45) is 5.73 Å². The van der Waals surface area contributed by atoms with Crippen LogP contribution in [0.4, 0.5) is 4.79 Å². The number of rotatable bonds is 2. The molecule has 0 atom stereocenters. The number of benzene rings is 1. The number of carbonyl (C=O) groups excluding carboxylic acids is 2.